The van der Waals surface area contributed by atoms with E-state index in [4.69, 9.17) is 4.74 Å². The van der Waals surface area contributed by atoms with E-state index in [2.05, 4.69) is 24.2 Å². The summed E-state index contributed by atoms with van der Waals surface area (Å²) >= 11 is 1.56. The standard InChI is InChI=1S/C15H17N3OS/c1-3-12-5-4-6-14(7-12)18(11-16)8-13-10-20-15(17-13)9-19-2/h4-7,10H,3,8-9H2,1-2H3. The molecule has 0 aliphatic heterocycles. The number of nitrogens with zero attached hydrogens (tertiary/aromatic N) is 3. The molecule has 1 heterocycles. The SMILES string of the molecule is CCc1cccc(N(C#N)Cc2csc(COC)n2)c1. The molecule has 0 saturated carbocycles. The second kappa shape index (κ2) is 7.04. The normalized spacial score (nSPS) is 10.2. The van der Waals surface area contributed by atoms with Gasteiger partial charge in [0.15, 0.2) is 6.19 Å². The molecule has 0 bridgehead atoms. The van der Waals surface area contributed by atoms with Crippen LogP contribution < -0.4 is 4.90 Å². The molecular weight excluding hydrogens is 270 g/mol. The molecule has 0 saturated heterocycles. The van der Waals surface area contributed by atoms with Crippen LogP contribution in [-0.4, -0.2) is 12.1 Å². The van der Waals surface area contributed by atoms with Crippen molar-refractivity contribution >= 4 is 17.0 Å². The smallest absolute Gasteiger partial charge is 0.184 e. The average molecular weight is 287 g/mol. The molecule has 1 aromatic carbocycles. The highest BCUT2D eigenvalue weighted by Gasteiger charge is 2.10. The van der Waals surface area contributed by atoms with Crippen LogP contribution in [0.3, 0.4) is 0 Å². The molecule has 0 aliphatic carbocycles. The Kier molecular flexibility index (Phi) is 5.10. The van der Waals surface area contributed by atoms with Crippen molar-refractivity contribution in [2.45, 2.75) is 26.5 Å². The maximum absolute atomic E-state index is 9.34. The predicted octanol–water partition coefficient (Wildman–Crippen LogP) is 3.34. The van der Waals surface area contributed by atoms with E-state index in [1.807, 2.05) is 23.6 Å². The Bertz CT molecular complexity index is 603. The molecule has 5 heteroatoms. The predicted molar refractivity (Wildman–Crippen MR) is 80.4 cm³/mol. The first-order valence-electron chi connectivity index (χ1n) is 6.45. The van der Waals surface area contributed by atoms with Crippen LogP contribution in [0, 0.1) is 11.5 Å². The van der Waals surface area contributed by atoms with Crippen LogP contribution in [0.1, 0.15) is 23.2 Å². The molecule has 104 valence electrons. The average Bonchev–Trinajstić information content (AvgIpc) is 2.92. The van der Waals surface area contributed by atoms with Gasteiger partial charge in [-0.2, -0.15) is 5.26 Å². The van der Waals surface area contributed by atoms with Crippen molar-refractivity contribution in [3.05, 3.63) is 45.9 Å². The van der Waals surface area contributed by atoms with Gasteiger partial charge in [-0.1, -0.05) is 19.1 Å². The molecular formula is C15H17N3OS. The lowest BCUT2D eigenvalue weighted by Crippen LogP contribution is -2.16. The number of rotatable bonds is 6. The van der Waals surface area contributed by atoms with E-state index in [0.29, 0.717) is 13.2 Å². The lowest BCUT2D eigenvalue weighted by molar-refractivity contribution is 0.184. The summed E-state index contributed by atoms with van der Waals surface area (Å²) < 4.78 is 5.06. The largest absolute Gasteiger partial charge is 0.378 e. The summed E-state index contributed by atoms with van der Waals surface area (Å²) in [6, 6.07) is 8.05. The number of hydrogen-bond donors (Lipinski definition) is 0. The van der Waals surface area contributed by atoms with Crippen LogP contribution in [0.25, 0.3) is 0 Å². The number of ether oxygens (including phenoxy) is 1. The number of thiazole rings is 1. The molecule has 0 fully saturated rings. The highest BCUT2D eigenvalue weighted by Crippen LogP contribution is 2.19. The van der Waals surface area contributed by atoms with Crippen LogP contribution in [0.15, 0.2) is 29.6 Å². The topological polar surface area (TPSA) is 49.2 Å². The minimum atomic E-state index is 0.490. The molecule has 0 spiro atoms. The third kappa shape index (κ3) is 3.56. The van der Waals surface area contributed by atoms with Gasteiger partial charge in [0.25, 0.3) is 0 Å². The first kappa shape index (κ1) is 14.5. The zero-order chi connectivity index (χ0) is 14.4. The molecule has 0 N–H and O–H groups in total. The van der Waals surface area contributed by atoms with E-state index in [9.17, 15) is 5.26 Å². The first-order valence-corrected chi connectivity index (χ1v) is 7.33. The number of hydrogen-bond acceptors (Lipinski definition) is 5. The maximum atomic E-state index is 9.34. The Labute approximate surface area is 123 Å². The minimum Gasteiger partial charge on any atom is -0.378 e. The van der Waals surface area contributed by atoms with Gasteiger partial charge >= 0.3 is 0 Å². The molecule has 2 rings (SSSR count). The Balaban J connectivity index is 2.13. The Morgan fingerprint density at radius 2 is 2.30 bits per heavy atom. The van der Waals surface area contributed by atoms with E-state index >= 15 is 0 Å². The lowest BCUT2D eigenvalue weighted by atomic mass is 10.1. The summed E-state index contributed by atoms with van der Waals surface area (Å²) in [4.78, 5) is 6.11. The van der Waals surface area contributed by atoms with E-state index in [0.717, 1.165) is 22.8 Å². The quantitative estimate of drug-likeness (QED) is 0.604. The summed E-state index contributed by atoms with van der Waals surface area (Å²) in [6.07, 6.45) is 3.19. The van der Waals surface area contributed by atoms with Crippen LogP contribution in [0.2, 0.25) is 0 Å². The van der Waals surface area contributed by atoms with Gasteiger partial charge in [0.05, 0.1) is 24.5 Å². The molecule has 1 aromatic heterocycles. The molecule has 0 unspecified atom stereocenters. The Morgan fingerprint density at radius 3 is 3.00 bits per heavy atom. The van der Waals surface area contributed by atoms with Crippen LogP contribution in [0.4, 0.5) is 5.69 Å². The van der Waals surface area contributed by atoms with E-state index in [-0.39, 0.29) is 0 Å². The molecule has 4 nitrogen and oxygen atoms in total. The van der Waals surface area contributed by atoms with Crippen molar-refractivity contribution in [3.63, 3.8) is 0 Å². The van der Waals surface area contributed by atoms with E-state index < -0.39 is 0 Å². The van der Waals surface area contributed by atoms with Gasteiger partial charge in [-0.05, 0) is 24.1 Å². The fourth-order valence-corrected chi connectivity index (χ4v) is 2.66. The summed E-state index contributed by atoms with van der Waals surface area (Å²) in [5.74, 6) is 0. The van der Waals surface area contributed by atoms with E-state index in [1.54, 1.807) is 23.3 Å². The van der Waals surface area contributed by atoms with Crippen molar-refractivity contribution in [2.75, 3.05) is 12.0 Å². The third-order valence-corrected chi connectivity index (χ3v) is 3.81. The number of aryl methyl sites for hydroxylation is 1. The second-order valence-electron chi connectivity index (χ2n) is 4.38. The first-order chi connectivity index (χ1) is 9.76. The second-order valence-corrected chi connectivity index (χ2v) is 5.32. The zero-order valence-corrected chi connectivity index (χ0v) is 12.5. The molecule has 0 atom stereocenters. The number of nitriles is 1. The molecule has 0 aliphatic rings. The van der Waals surface area contributed by atoms with Crippen molar-refractivity contribution < 1.29 is 4.74 Å². The number of aromatic nitrogens is 1. The van der Waals surface area contributed by atoms with Crippen LogP contribution >= 0.6 is 11.3 Å². The Hall–Kier alpha value is -1.90. The fraction of sp³-hybridized carbons (Fsp3) is 0.333. The highest BCUT2D eigenvalue weighted by atomic mass is 32.1. The molecule has 0 amide bonds. The van der Waals surface area contributed by atoms with E-state index in [1.165, 1.54) is 5.56 Å². The van der Waals surface area contributed by atoms with Gasteiger partial charge in [-0.3, -0.25) is 4.90 Å². The van der Waals surface area contributed by atoms with Gasteiger partial charge in [-0.15, -0.1) is 11.3 Å². The summed E-state index contributed by atoms with van der Waals surface area (Å²) in [5.41, 5.74) is 3.03. The van der Waals surface area contributed by atoms with Crippen molar-refractivity contribution in [2.24, 2.45) is 0 Å². The summed E-state index contributed by atoms with van der Waals surface area (Å²) in [5, 5.41) is 12.2. The number of methoxy groups -OCH3 is 1. The monoisotopic (exact) mass is 287 g/mol. The maximum Gasteiger partial charge on any atom is 0.184 e. The van der Waals surface area contributed by atoms with Gasteiger partial charge in [-0.25, -0.2) is 4.98 Å². The van der Waals surface area contributed by atoms with Gasteiger partial charge in [0, 0.05) is 12.5 Å². The molecule has 0 radical (unpaired) electrons. The minimum absolute atomic E-state index is 0.490. The van der Waals surface area contributed by atoms with Gasteiger partial charge in [0.1, 0.15) is 5.01 Å². The summed E-state index contributed by atoms with van der Waals surface area (Å²) in [7, 11) is 1.65. The van der Waals surface area contributed by atoms with Gasteiger partial charge < -0.3 is 4.74 Å². The lowest BCUT2D eigenvalue weighted by Gasteiger charge is -2.15. The van der Waals surface area contributed by atoms with Crippen molar-refractivity contribution in [1.29, 1.82) is 5.26 Å². The van der Waals surface area contributed by atoms with Crippen molar-refractivity contribution in [1.82, 2.24) is 4.98 Å². The third-order valence-electron chi connectivity index (χ3n) is 2.94. The zero-order valence-electron chi connectivity index (χ0n) is 11.7. The van der Waals surface area contributed by atoms with Crippen LogP contribution in [-0.2, 0) is 24.3 Å². The van der Waals surface area contributed by atoms with Crippen LogP contribution in [0.5, 0.6) is 0 Å². The summed E-state index contributed by atoms with van der Waals surface area (Å²) in [6.45, 7) is 3.11. The Morgan fingerprint density at radius 1 is 1.45 bits per heavy atom. The van der Waals surface area contributed by atoms with Gasteiger partial charge in [0.2, 0.25) is 0 Å². The molecule has 20 heavy (non-hydrogen) atoms. The molecule has 2 aromatic rings. The number of anilines is 1. The highest BCUT2D eigenvalue weighted by molar-refractivity contribution is 7.09. The number of benzene rings is 1. The van der Waals surface area contributed by atoms with Crippen molar-refractivity contribution in [3.8, 4) is 6.19 Å². The fourth-order valence-electron chi connectivity index (χ4n) is 1.90.